The Morgan fingerprint density at radius 1 is 0.483 bits per heavy atom. The molecule has 8 aliphatic carbocycles. The summed E-state index contributed by atoms with van der Waals surface area (Å²) in [5.41, 5.74) is -1.12. The number of carboxylic acid groups (broad SMARTS) is 1. The van der Waals surface area contributed by atoms with Crippen LogP contribution in [0.2, 0.25) is 0 Å². The van der Waals surface area contributed by atoms with Crippen molar-refractivity contribution in [2.45, 2.75) is 115 Å². The van der Waals surface area contributed by atoms with E-state index in [0.29, 0.717) is 36.9 Å². The second kappa shape index (κ2) is 32.1. The van der Waals surface area contributed by atoms with Gasteiger partial charge in [0.05, 0.1) is 21.8 Å². The number of halogens is 5. The molecule has 4 atom stereocenters. The number of ether oxygens (including phenoxy) is 3. The van der Waals surface area contributed by atoms with E-state index in [1.165, 1.54) is 29.4 Å². The average molecular weight is 1330 g/mol. The van der Waals surface area contributed by atoms with Gasteiger partial charge in [0, 0.05) is 23.7 Å². The second-order valence-electron chi connectivity index (χ2n) is 21.8. The minimum absolute atomic E-state index is 0.0146. The van der Waals surface area contributed by atoms with E-state index in [-0.39, 0.29) is 68.7 Å². The molecule has 6 aromatic carbocycles. The van der Waals surface area contributed by atoms with E-state index in [9.17, 15) is 51.6 Å². The Bertz CT molecular complexity index is 2940. The molecule has 1 N–H and O–H groups in total. The molecule has 0 saturated heterocycles. The Morgan fingerprint density at radius 3 is 1.03 bits per heavy atom. The van der Waals surface area contributed by atoms with Gasteiger partial charge in [-0.05, 0) is 149 Å². The molecule has 8 aliphatic rings. The first-order chi connectivity index (χ1) is 42.8. The van der Waals surface area contributed by atoms with Crippen molar-refractivity contribution in [2.75, 3.05) is 12.5 Å². The summed E-state index contributed by atoms with van der Waals surface area (Å²) in [5.74, 6) is -4.27. The topological polar surface area (TPSA) is 233 Å². The van der Waals surface area contributed by atoms with Gasteiger partial charge in [-0.3, -0.25) is 24.5 Å². The maximum Gasteiger partial charge on any atom is 0.415 e. The van der Waals surface area contributed by atoms with Crippen molar-refractivity contribution >= 4 is 92.9 Å². The largest absolute Gasteiger partial charge is 0.691 e. The van der Waals surface area contributed by atoms with Gasteiger partial charge in [-0.15, -0.1) is 11.6 Å². The van der Waals surface area contributed by atoms with Crippen LogP contribution < -0.4 is 10.5 Å². The highest BCUT2D eigenvalue weighted by atomic mass is 35.5. The normalized spacial score (nSPS) is 23.2. The highest BCUT2D eigenvalue weighted by Crippen LogP contribution is 2.57. The molecule has 0 radical (unpaired) electrons. The fourth-order valence-electron chi connectivity index (χ4n) is 12.7. The van der Waals surface area contributed by atoms with Gasteiger partial charge in [0.15, 0.2) is 36.0 Å². The highest BCUT2D eigenvalue weighted by Gasteiger charge is 2.58. The lowest BCUT2D eigenvalue weighted by Crippen LogP contribution is -2.57. The lowest BCUT2D eigenvalue weighted by atomic mass is 9.53. The number of ketones is 2. The van der Waals surface area contributed by atoms with Crippen molar-refractivity contribution in [3.05, 3.63) is 182 Å². The number of carbonyl (C=O) groups is 6. The summed E-state index contributed by atoms with van der Waals surface area (Å²) in [6, 6.07) is 64.3. The zero-order chi connectivity index (χ0) is 63.6. The molecule has 0 heterocycles. The van der Waals surface area contributed by atoms with Crippen LogP contribution in [0.5, 0.6) is 0 Å². The third-order valence-electron chi connectivity index (χ3n) is 15.7. The summed E-state index contributed by atoms with van der Waals surface area (Å²) in [7, 11) is -0.0293. The van der Waals surface area contributed by atoms with Gasteiger partial charge in [-0.2, -0.15) is 26.2 Å². The van der Waals surface area contributed by atoms with Crippen LogP contribution in [0.3, 0.4) is 0 Å². The third kappa shape index (κ3) is 18.7. The lowest BCUT2D eigenvalue weighted by molar-refractivity contribution is -0.777. The molecule has 4 unspecified atom stereocenters. The number of benzene rings is 6. The number of aliphatic carboxylic acids is 1. The maximum absolute atomic E-state index is 13.2. The molecular weight excluding hydrogens is 1260 g/mol. The summed E-state index contributed by atoms with van der Waals surface area (Å²) < 4.78 is 71.5. The van der Waals surface area contributed by atoms with Gasteiger partial charge < -0.3 is 29.8 Å². The summed E-state index contributed by atoms with van der Waals surface area (Å²) in [5, 5.41) is 23.0. The number of rotatable bonds is 19. The van der Waals surface area contributed by atoms with Crippen molar-refractivity contribution in [1.29, 1.82) is 0 Å². The molecule has 0 spiro atoms. The fraction of sp³-hybridized carbons (Fsp3) is 0.344. The van der Waals surface area contributed by atoms with Crippen LogP contribution in [0, 0.1) is 35.5 Å². The van der Waals surface area contributed by atoms with Gasteiger partial charge in [0.2, 0.25) is 0 Å². The van der Waals surface area contributed by atoms with Crippen LogP contribution in [-0.4, -0.2) is 74.7 Å². The summed E-state index contributed by atoms with van der Waals surface area (Å²) >= 11 is 3.76. The first-order valence-electron chi connectivity index (χ1n) is 28.1. The monoisotopic (exact) mass is 1320 g/mol. The van der Waals surface area contributed by atoms with E-state index in [4.69, 9.17) is 31.4 Å². The zero-order valence-electron chi connectivity index (χ0n) is 47.4. The summed E-state index contributed by atoms with van der Waals surface area (Å²) in [4.78, 5) is 76.1. The molecule has 6 aromatic rings. The number of carbonyl (C=O) groups excluding carboxylic acids is 5. The molecule has 0 aliphatic heterocycles. The molecule has 8 fully saturated rings. The van der Waals surface area contributed by atoms with Gasteiger partial charge in [0.25, 0.3) is 0 Å². The maximum atomic E-state index is 13.2. The predicted octanol–water partition coefficient (Wildman–Crippen LogP) is 11.7. The zero-order valence-corrected chi connectivity index (χ0v) is 51.4. The van der Waals surface area contributed by atoms with Gasteiger partial charge in [-0.25, -0.2) is 14.4 Å². The van der Waals surface area contributed by atoms with E-state index < -0.39 is 64.7 Å². The predicted molar refractivity (Wildman–Crippen MR) is 316 cm³/mol. The third-order valence-corrected chi connectivity index (χ3v) is 21.3. The van der Waals surface area contributed by atoms with Crippen LogP contribution in [0.4, 0.5) is 17.6 Å². The van der Waals surface area contributed by atoms with Gasteiger partial charge in [-0.1, -0.05) is 109 Å². The Labute approximate surface area is 530 Å². The Morgan fingerprint density at radius 2 is 0.764 bits per heavy atom. The van der Waals surface area contributed by atoms with Gasteiger partial charge >= 0.3 is 34.4 Å². The number of alkyl halides is 5. The van der Waals surface area contributed by atoms with Crippen LogP contribution >= 0.6 is 35.7 Å². The van der Waals surface area contributed by atoms with Crippen LogP contribution in [0.25, 0.3) is 0 Å². The molecule has 0 aromatic heterocycles. The van der Waals surface area contributed by atoms with Crippen molar-refractivity contribution in [1.82, 2.24) is 0 Å². The van der Waals surface area contributed by atoms with Crippen LogP contribution in [-0.2, 0) is 83.5 Å². The summed E-state index contributed by atoms with van der Waals surface area (Å²) in [6.45, 7) is -0.997. The van der Waals surface area contributed by atoms with E-state index >= 15 is 0 Å². The average Bonchev–Trinajstić information content (AvgIpc) is 0.810. The molecule has 8 saturated carbocycles. The fourth-order valence-corrected chi connectivity index (χ4v) is 17.4. The number of hydrogen-bond acceptors (Lipinski definition) is 17. The lowest BCUT2D eigenvalue weighted by Gasteiger charge is -2.54. The minimum Gasteiger partial charge on any atom is -0.691 e. The Hall–Kier alpha value is -6.29. The summed E-state index contributed by atoms with van der Waals surface area (Å²) in [6.07, 6.45) is 7.53. The number of hydrogen-bond donors (Lipinski definition) is 1. The Balaban J connectivity index is 0.000000147. The number of esters is 3. The second-order valence-corrected chi connectivity index (χ2v) is 27.7. The number of Topliss-reactive ketones (excluding diaryl/α,β-unsaturated/α-hetero) is 2. The van der Waals surface area contributed by atoms with E-state index in [1.54, 1.807) is 0 Å². The smallest absolute Gasteiger partial charge is 0.415 e. The van der Waals surface area contributed by atoms with Crippen LogP contribution in [0.1, 0.15) is 64.2 Å². The molecule has 14 rings (SSSR count). The first-order valence-corrected chi connectivity index (χ1v) is 32.5. The minimum atomic E-state index is -4.21. The molecule has 89 heavy (non-hydrogen) atoms. The molecule has 472 valence electrons. The van der Waals surface area contributed by atoms with E-state index in [0.717, 1.165) is 44.9 Å². The Kier molecular flexibility index (Phi) is 24.8. The van der Waals surface area contributed by atoms with Crippen LogP contribution in [0.15, 0.2) is 211 Å². The van der Waals surface area contributed by atoms with E-state index in [2.05, 4.69) is 205 Å². The molecular formula is C64H61ClF4O16S4. The van der Waals surface area contributed by atoms with E-state index in [1.807, 2.05) is 0 Å². The standard InChI is InChI=1S/2C18H15S.C14H16F2O8S.C12H15ClO3.C2H2F2O5S/c2*1-4-10-16(11-5-1)19(17-12-6-2-7-13-17)18-14-8-3-9-15-18;15-14(16,25-24-23-20)12(19)21-6-10(17)22-13-3-7-1-8(4-13)11(18)9(2-7)5-13;13-6-10(14)16-12-3-7-1-8(4-12)11(15)9(2-7)5-12;3-2(4,1(5)6)10-9-8-7/h2*1-15H;7-9,20H,1-6H2;7-9H,1-6H2;7H,(H,5,6)/q2*+1;;;/p-2. The van der Waals surface area contributed by atoms with Gasteiger partial charge in [0.1, 0.15) is 52.7 Å². The SMILES string of the molecule is O=C(CCl)OC12CC3CC(C1)C(=O)C(C3)C2.O=C(COC(=O)C(F)(F)SOO[O-])OC12CC3CC(C1)C(=O)C(C3)C2.O=C(O)C(F)(F)SOO[O-].c1ccc([S+](c2ccccc2)c2ccccc2)cc1.c1ccc([S+](c2ccccc2)c2ccccc2)cc1. The highest BCUT2D eigenvalue weighted by molar-refractivity contribution is 7.97. The number of carboxylic acids is 1. The molecule has 8 bridgehead atoms. The molecule has 25 heteroatoms. The van der Waals surface area contributed by atoms with Crippen molar-refractivity contribution in [3.63, 3.8) is 0 Å². The van der Waals surface area contributed by atoms with Crippen molar-refractivity contribution < 1.29 is 94.9 Å². The van der Waals surface area contributed by atoms with Crippen molar-refractivity contribution in [2.24, 2.45) is 35.5 Å². The quantitative estimate of drug-likeness (QED) is 0.0116. The molecule has 16 nitrogen and oxygen atoms in total. The van der Waals surface area contributed by atoms with Crippen molar-refractivity contribution in [3.8, 4) is 0 Å². The first kappa shape index (κ1) is 68.6. The molecule has 0 amide bonds.